The maximum absolute atomic E-state index is 5.66. The zero-order valence-electron chi connectivity index (χ0n) is 12.9. The Kier molecular flexibility index (Phi) is 3.68. The van der Waals surface area contributed by atoms with Crippen LogP contribution in [-0.2, 0) is 6.54 Å². The molecular formula is C16H15N7S. The highest BCUT2D eigenvalue weighted by Crippen LogP contribution is 2.29. The van der Waals surface area contributed by atoms with Crippen molar-refractivity contribution in [3.8, 4) is 11.3 Å². The van der Waals surface area contributed by atoms with E-state index in [0.717, 1.165) is 43.8 Å². The molecule has 4 rings (SSSR count). The predicted octanol–water partition coefficient (Wildman–Crippen LogP) is 2.99. The first-order valence-corrected chi connectivity index (χ1v) is 8.24. The lowest BCUT2D eigenvalue weighted by Crippen LogP contribution is -1.99. The lowest BCUT2D eigenvalue weighted by Gasteiger charge is -2.02. The van der Waals surface area contributed by atoms with Crippen molar-refractivity contribution < 1.29 is 0 Å². The molecule has 8 heteroatoms. The van der Waals surface area contributed by atoms with E-state index in [4.69, 9.17) is 10.7 Å². The molecule has 4 aromatic heterocycles. The van der Waals surface area contributed by atoms with Crippen molar-refractivity contribution in [3.05, 3.63) is 47.9 Å². The molecule has 0 aliphatic carbocycles. The Morgan fingerprint density at radius 3 is 2.96 bits per heavy atom. The van der Waals surface area contributed by atoms with E-state index in [9.17, 15) is 0 Å². The first kappa shape index (κ1) is 14.7. The molecule has 0 aliphatic rings. The number of fused-ring (bicyclic) bond motifs is 1. The van der Waals surface area contributed by atoms with Crippen LogP contribution in [0.3, 0.4) is 0 Å². The number of hydrogen-bond acceptors (Lipinski definition) is 7. The van der Waals surface area contributed by atoms with Crippen LogP contribution >= 0.6 is 11.3 Å². The van der Waals surface area contributed by atoms with E-state index in [1.165, 1.54) is 11.3 Å². The van der Waals surface area contributed by atoms with Crippen molar-refractivity contribution in [1.82, 2.24) is 25.1 Å². The Morgan fingerprint density at radius 2 is 2.17 bits per heavy atom. The van der Waals surface area contributed by atoms with Gasteiger partial charge in [0.05, 0.1) is 11.9 Å². The Hall–Kier alpha value is -2.84. The van der Waals surface area contributed by atoms with Gasteiger partial charge in [0.1, 0.15) is 16.2 Å². The van der Waals surface area contributed by atoms with Gasteiger partial charge < -0.3 is 11.1 Å². The molecule has 7 nitrogen and oxygen atoms in total. The quantitative estimate of drug-likeness (QED) is 0.529. The average Bonchev–Trinajstić information content (AvgIpc) is 3.19. The average molecular weight is 337 g/mol. The number of nitrogens with two attached hydrogens (primary N) is 1. The number of thiazole rings is 1. The van der Waals surface area contributed by atoms with Gasteiger partial charge in [-0.1, -0.05) is 11.3 Å². The van der Waals surface area contributed by atoms with E-state index in [1.54, 1.807) is 12.4 Å². The van der Waals surface area contributed by atoms with E-state index in [2.05, 4.69) is 25.5 Å². The summed E-state index contributed by atoms with van der Waals surface area (Å²) in [5.41, 5.74) is 10.4. The summed E-state index contributed by atoms with van der Waals surface area (Å²) < 4.78 is 0. The third-order valence-corrected chi connectivity index (χ3v) is 4.54. The van der Waals surface area contributed by atoms with Gasteiger partial charge in [0.2, 0.25) is 0 Å². The minimum Gasteiger partial charge on any atom is -0.326 e. The van der Waals surface area contributed by atoms with Gasteiger partial charge in [-0.05, 0) is 36.8 Å². The SMILES string of the molecule is Cc1[nH]ncc1-c1ccc2nc(Nc3cc(CN)ccn3)sc2n1. The zero-order chi connectivity index (χ0) is 16.5. The minimum absolute atomic E-state index is 0.478. The van der Waals surface area contributed by atoms with Crippen molar-refractivity contribution >= 4 is 32.6 Å². The second-order valence-corrected chi connectivity index (χ2v) is 6.30. The molecule has 0 atom stereocenters. The normalized spacial score (nSPS) is 11.1. The molecule has 0 spiro atoms. The fourth-order valence-electron chi connectivity index (χ4n) is 2.41. The van der Waals surface area contributed by atoms with Crippen molar-refractivity contribution in [2.45, 2.75) is 13.5 Å². The largest absolute Gasteiger partial charge is 0.326 e. The number of aromatic amines is 1. The predicted molar refractivity (Wildman–Crippen MR) is 95.1 cm³/mol. The molecule has 0 radical (unpaired) electrons. The highest BCUT2D eigenvalue weighted by molar-refractivity contribution is 7.21. The van der Waals surface area contributed by atoms with Crippen LogP contribution in [0.2, 0.25) is 0 Å². The van der Waals surface area contributed by atoms with E-state index < -0.39 is 0 Å². The summed E-state index contributed by atoms with van der Waals surface area (Å²) in [6, 6.07) is 7.73. The minimum atomic E-state index is 0.478. The summed E-state index contributed by atoms with van der Waals surface area (Å²) in [6.45, 7) is 2.45. The number of rotatable bonds is 4. The smallest absolute Gasteiger partial charge is 0.190 e. The molecular weight excluding hydrogens is 322 g/mol. The summed E-state index contributed by atoms with van der Waals surface area (Å²) in [5, 5.41) is 10.9. The van der Waals surface area contributed by atoms with Gasteiger partial charge in [-0.3, -0.25) is 5.10 Å². The number of aromatic nitrogens is 5. The van der Waals surface area contributed by atoms with Crippen LogP contribution in [0.15, 0.2) is 36.7 Å². The molecule has 0 unspecified atom stereocenters. The third-order valence-electron chi connectivity index (χ3n) is 3.66. The molecule has 0 saturated carbocycles. The second kappa shape index (κ2) is 5.99. The molecule has 120 valence electrons. The number of nitrogens with zero attached hydrogens (tertiary/aromatic N) is 4. The monoisotopic (exact) mass is 337 g/mol. The maximum atomic E-state index is 5.66. The van der Waals surface area contributed by atoms with Crippen LogP contribution in [0, 0.1) is 6.92 Å². The summed E-state index contributed by atoms with van der Waals surface area (Å²) in [6.07, 6.45) is 3.52. The zero-order valence-corrected chi connectivity index (χ0v) is 13.8. The van der Waals surface area contributed by atoms with Gasteiger partial charge in [-0.15, -0.1) is 0 Å². The molecule has 0 aromatic carbocycles. The standard InChI is InChI=1S/C16H15N7S/c1-9-11(8-19-23-9)12-2-3-13-15(20-12)24-16(21-13)22-14-6-10(7-17)4-5-18-14/h2-6,8H,7,17H2,1H3,(H,19,23)(H,18,21,22). The Morgan fingerprint density at radius 1 is 1.25 bits per heavy atom. The molecule has 4 heterocycles. The summed E-state index contributed by atoms with van der Waals surface area (Å²) in [5.74, 6) is 0.725. The van der Waals surface area contributed by atoms with Gasteiger partial charge in [0.25, 0.3) is 0 Å². The third kappa shape index (κ3) is 2.72. The number of aryl methyl sites for hydroxylation is 1. The van der Waals surface area contributed by atoms with Crippen LogP contribution in [0.1, 0.15) is 11.3 Å². The lowest BCUT2D eigenvalue weighted by atomic mass is 10.2. The molecule has 24 heavy (non-hydrogen) atoms. The topological polar surface area (TPSA) is 105 Å². The van der Waals surface area contributed by atoms with E-state index in [-0.39, 0.29) is 0 Å². The Labute approximate surface area is 142 Å². The van der Waals surface area contributed by atoms with Crippen LogP contribution < -0.4 is 11.1 Å². The van der Waals surface area contributed by atoms with Crippen LogP contribution in [0.4, 0.5) is 10.9 Å². The molecule has 0 fully saturated rings. The first-order valence-electron chi connectivity index (χ1n) is 7.43. The highest BCUT2D eigenvalue weighted by atomic mass is 32.1. The van der Waals surface area contributed by atoms with Gasteiger partial charge in [-0.25, -0.2) is 15.0 Å². The number of anilines is 2. The Balaban J connectivity index is 1.67. The molecule has 4 N–H and O–H groups in total. The molecule has 0 aliphatic heterocycles. The number of pyridine rings is 2. The molecule has 0 amide bonds. The number of hydrogen-bond donors (Lipinski definition) is 3. The fraction of sp³-hybridized carbons (Fsp3) is 0.125. The van der Waals surface area contributed by atoms with Crippen LogP contribution in [0.5, 0.6) is 0 Å². The number of H-pyrrole nitrogens is 1. The van der Waals surface area contributed by atoms with Crippen molar-refractivity contribution in [2.75, 3.05) is 5.32 Å². The lowest BCUT2D eigenvalue weighted by molar-refractivity contribution is 1.05. The molecule has 4 aromatic rings. The van der Waals surface area contributed by atoms with Crippen LogP contribution in [0.25, 0.3) is 21.6 Å². The molecule has 0 bridgehead atoms. The van der Waals surface area contributed by atoms with Gasteiger partial charge in [-0.2, -0.15) is 5.10 Å². The van der Waals surface area contributed by atoms with E-state index in [0.29, 0.717) is 6.54 Å². The summed E-state index contributed by atoms with van der Waals surface area (Å²) in [7, 11) is 0. The fourth-order valence-corrected chi connectivity index (χ4v) is 3.25. The van der Waals surface area contributed by atoms with E-state index >= 15 is 0 Å². The summed E-state index contributed by atoms with van der Waals surface area (Å²) >= 11 is 1.49. The summed E-state index contributed by atoms with van der Waals surface area (Å²) in [4.78, 5) is 14.4. The van der Waals surface area contributed by atoms with Gasteiger partial charge in [0, 0.05) is 24.0 Å². The second-order valence-electron chi connectivity index (χ2n) is 5.33. The Bertz CT molecular complexity index is 1000. The van der Waals surface area contributed by atoms with Crippen molar-refractivity contribution in [2.24, 2.45) is 5.73 Å². The van der Waals surface area contributed by atoms with Gasteiger partial charge >= 0.3 is 0 Å². The van der Waals surface area contributed by atoms with Gasteiger partial charge in [0.15, 0.2) is 5.13 Å². The molecule has 0 saturated heterocycles. The maximum Gasteiger partial charge on any atom is 0.190 e. The first-order chi connectivity index (χ1) is 11.7. The number of nitrogens with one attached hydrogen (secondary N) is 2. The van der Waals surface area contributed by atoms with E-state index in [1.807, 2.05) is 31.2 Å². The van der Waals surface area contributed by atoms with Crippen molar-refractivity contribution in [3.63, 3.8) is 0 Å². The highest BCUT2D eigenvalue weighted by Gasteiger charge is 2.10. The van der Waals surface area contributed by atoms with Crippen molar-refractivity contribution in [1.29, 1.82) is 0 Å². The van der Waals surface area contributed by atoms with Crippen LogP contribution in [-0.4, -0.2) is 25.1 Å².